The van der Waals surface area contributed by atoms with Gasteiger partial charge in [0.1, 0.15) is 4.32 Å². The highest BCUT2D eigenvalue weighted by atomic mass is 35.5. The fourth-order valence-corrected chi connectivity index (χ4v) is 3.86. The van der Waals surface area contributed by atoms with Crippen molar-refractivity contribution < 1.29 is 4.79 Å². The molecule has 0 aliphatic carbocycles. The second-order valence-corrected chi connectivity index (χ2v) is 7.19. The van der Waals surface area contributed by atoms with Crippen LogP contribution in [0, 0.1) is 0 Å². The predicted molar refractivity (Wildman–Crippen MR) is 91.1 cm³/mol. The van der Waals surface area contributed by atoms with E-state index in [1.807, 2.05) is 30.3 Å². The Balaban J connectivity index is 1.87. The SMILES string of the molecule is O=C1NC(=S)SC1=Cc1cc(-c2ccc(Cl)cc2)cs1. The van der Waals surface area contributed by atoms with E-state index in [-0.39, 0.29) is 5.91 Å². The minimum absolute atomic E-state index is 0.124. The number of nitrogens with one attached hydrogen (secondary N) is 1. The van der Waals surface area contributed by atoms with E-state index in [9.17, 15) is 4.79 Å². The van der Waals surface area contributed by atoms with E-state index in [2.05, 4.69) is 16.8 Å². The van der Waals surface area contributed by atoms with Gasteiger partial charge in [0, 0.05) is 9.90 Å². The highest BCUT2D eigenvalue weighted by Crippen LogP contribution is 2.31. The van der Waals surface area contributed by atoms with Gasteiger partial charge < -0.3 is 5.32 Å². The van der Waals surface area contributed by atoms with Gasteiger partial charge in [0.15, 0.2) is 0 Å². The number of halogens is 1. The van der Waals surface area contributed by atoms with Crippen LogP contribution in [0.3, 0.4) is 0 Å². The van der Waals surface area contributed by atoms with Crippen LogP contribution in [0.15, 0.2) is 40.6 Å². The zero-order valence-electron chi connectivity index (χ0n) is 10.1. The van der Waals surface area contributed by atoms with Crippen molar-refractivity contribution in [3.8, 4) is 11.1 Å². The van der Waals surface area contributed by atoms with Gasteiger partial charge in [0.25, 0.3) is 5.91 Å². The van der Waals surface area contributed by atoms with Crippen LogP contribution in [-0.4, -0.2) is 10.2 Å². The molecule has 0 atom stereocenters. The first-order chi connectivity index (χ1) is 9.61. The molecule has 1 aliphatic rings. The van der Waals surface area contributed by atoms with Crippen LogP contribution in [0.25, 0.3) is 17.2 Å². The van der Waals surface area contributed by atoms with Gasteiger partial charge in [-0.2, -0.15) is 0 Å². The number of thiocarbonyl (C=S) groups is 1. The summed E-state index contributed by atoms with van der Waals surface area (Å²) >= 11 is 13.7. The number of carbonyl (C=O) groups is 1. The summed E-state index contributed by atoms with van der Waals surface area (Å²) < 4.78 is 0.510. The van der Waals surface area contributed by atoms with Crippen molar-refractivity contribution in [1.82, 2.24) is 5.32 Å². The summed E-state index contributed by atoms with van der Waals surface area (Å²) in [5.41, 5.74) is 2.22. The molecular weight excluding hydrogens is 330 g/mol. The molecule has 1 amide bonds. The maximum Gasteiger partial charge on any atom is 0.263 e. The normalized spacial score (nSPS) is 16.8. The average molecular weight is 338 g/mol. The number of carbonyl (C=O) groups excluding carboxylic acids is 1. The Labute approximate surface area is 134 Å². The predicted octanol–water partition coefficient (Wildman–Crippen LogP) is 4.56. The third-order valence-corrected chi connectivity index (χ3v) is 5.01. The Hall–Kier alpha value is -1.14. The number of rotatable bonds is 2. The Bertz CT molecular complexity index is 718. The van der Waals surface area contributed by atoms with Gasteiger partial charge >= 0.3 is 0 Å². The molecule has 0 bridgehead atoms. The van der Waals surface area contributed by atoms with Crippen molar-refractivity contribution in [2.75, 3.05) is 0 Å². The first-order valence-corrected chi connectivity index (χ1v) is 8.19. The Morgan fingerprint density at radius 1 is 1.20 bits per heavy atom. The van der Waals surface area contributed by atoms with Crippen LogP contribution in [0.1, 0.15) is 4.88 Å². The smallest absolute Gasteiger partial charge is 0.263 e. The van der Waals surface area contributed by atoms with Crippen molar-refractivity contribution >= 4 is 63.2 Å². The van der Waals surface area contributed by atoms with Crippen LogP contribution in [0.4, 0.5) is 0 Å². The van der Waals surface area contributed by atoms with Crippen LogP contribution >= 0.6 is 46.9 Å². The molecule has 2 nitrogen and oxygen atoms in total. The standard InChI is InChI=1S/C14H8ClNOS3/c15-10-3-1-8(2-4-10)9-5-11(19-7-9)6-12-13(17)16-14(18)20-12/h1-7H,(H,16,17,18). The van der Waals surface area contributed by atoms with Gasteiger partial charge in [-0.1, -0.05) is 47.7 Å². The van der Waals surface area contributed by atoms with Gasteiger partial charge in [0.2, 0.25) is 0 Å². The molecule has 0 radical (unpaired) electrons. The van der Waals surface area contributed by atoms with E-state index < -0.39 is 0 Å². The number of thiophene rings is 1. The van der Waals surface area contributed by atoms with E-state index >= 15 is 0 Å². The topological polar surface area (TPSA) is 29.1 Å². The lowest BCUT2D eigenvalue weighted by atomic mass is 10.1. The third-order valence-electron chi connectivity index (χ3n) is 2.71. The van der Waals surface area contributed by atoms with E-state index in [0.29, 0.717) is 9.23 Å². The van der Waals surface area contributed by atoms with Crippen molar-refractivity contribution in [2.45, 2.75) is 0 Å². The minimum Gasteiger partial charge on any atom is -0.307 e. The van der Waals surface area contributed by atoms with E-state index in [4.69, 9.17) is 23.8 Å². The minimum atomic E-state index is -0.124. The molecule has 1 saturated heterocycles. The lowest BCUT2D eigenvalue weighted by Crippen LogP contribution is -2.17. The summed E-state index contributed by atoms with van der Waals surface area (Å²) in [5, 5.41) is 5.39. The molecule has 1 aromatic carbocycles. The Morgan fingerprint density at radius 2 is 1.95 bits per heavy atom. The lowest BCUT2D eigenvalue weighted by molar-refractivity contribution is -0.115. The molecule has 100 valence electrons. The molecule has 6 heteroatoms. The summed E-state index contributed by atoms with van der Waals surface area (Å²) in [4.78, 5) is 13.3. The maximum atomic E-state index is 11.6. The van der Waals surface area contributed by atoms with Crippen LogP contribution in [0.2, 0.25) is 5.02 Å². The second-order valence-electron chi connectivity index (χ2n) is 4.10. The Morgan fingerprint density at radius 3 is 2.60 bits per heavy atom. The summed E-state index contributed by atoms with van der Waals surface area (Å²) in [5.74, 6) is -0.124. The summed E-state index contributed by atoms with van der Waals surface area (Å²) in [6.07, 6.45) is 1.86. The molecular formula is C14H8ClNOS3. The van der Waals surface area contributed by atoms with Crippen LogP contribution in [0.5, 0.6) is 0 Å². The monoisotopic (exact) mass is 337 g/mol. The number of hydrogen-bond acceptors (Lipinski definition) is 4. The fraction of sp³-hybridized carbons (Fsp3) is 0. The van der Waals surface area contributed by atoms with Crippen LogP contribution < -0.4 is 5.32 Å². The van der Waals surface area contributed by atoms with Gasteiger partial charge in [-0.15, -0.1) is 11.3 Å². The molecule has 2 heterocycles. The second kappa shape index (κ2) is 5.69. The molecule has 2 aromatic rings. The highest BCUT2D eigenvalue weighted by molar-refractivity contribution is 8.26. The molecule has 1 aromatic heterocycles. The first kappa shape index (κ1) is 13.8. The van der Waals surface area contributed by atoms with Gasteiger partial charge in [-0.25, -0.2) is 0 Å². The van der Waals surface area contributed by atoms with Crippen molar-refractivity contribution in [3.05, 3.63) is 50.5 Å². The number of thioether (sulfide) groups is 1. The molecule has 1 aliphatic heterocycles. The van der Waals surface area contributed by atoms with Crippen molar-refractivity contribution in [2.24, 2.45) is 0 Å². The maximum absolute atomic E-state index is 11.6. The summed E-state index contributed by atoms with van der Waals surface area (Å²) in [6, 6.07) is 9.74. The lowest BCUT2D eigenvalue weighted by Gasteiger charge is -1.96. The number of hydrogen-bond donors (Lipinski definition) is 1. The quantitative estimate of drug-likeness (QED) is 0.643. The van der Waals surface area contributed by atoms with Gasteiger partial charge in [-0.05, 0) is 40.8 Å². The van der Waals surface area contributed by atoms with Gasteiger partial charge in [0.05, 0.1) is 4.91 Å². The molecule has 0 unspecified atom stereocenters. The number of amides is 1. The molecule has 3 rings (SSSR count). The Kier molecular flexibility index (Phi) is 3.94. The summed E-state index contributed by atoms with van der Waals surface area (Å²) in [7, 11) is 0. The van der Waals surface area contributed by atoms with Crippen molar-refractivity contribution in [1.29, 1.82) is 0 Å². The summed E-state index contributed by atoms with van der Waals surface area (Å²) in [6.45, 7) is 0. The van der Waals surface area contributed by atoms with Gasteiger partial charge in [-0.3, -0.25) is 4.79 Å². The molecule has 0 spiro atoms. The van der Waals surface area contributed by atoms with Crippen LogP contribution in [-0.2, 0) is 4.79 Å². The van der Waals surface area contributed by atoms with Crippen molar-refractivity contribution in [3.63, 3.8) is 0 Å². The zero-order valence-corrected chi connectivity index (χ0v) is 13.3. The average Bonchev–Trinajstić information content (AvgIpc) is 2.98. The first-order valence-electron chi connectivity index (χ1n) is 5.71. The van der Waals surface area contributed by atoms with E-state index in [1.54, 1.807) is 11.3 Å². The molecule has 1 N–H and O–H groups in total. The van der Waals surface area contributed by atoms with E-state index in [1.165, 1.54) is 11.8 Å². The largest absolute Gasteiger partial charge is 0.307 e. The molecule has 1 fully saturated rings. The fourth-order valence-electron chi connectivity index (χ4n) is 1.77. The van der Waals surface area contributed by atoms with E-state index in [0.717, 1.165) is 21.0 Å². The third kappa shape index (κ3) is 2.96. The number of benzene rings is 1. The highest BCUT2D eigenvalue weighted by Gasteiger charge is 2.22. The zero-order chi connectivity index (χ0) is 14.1. The molecule has 0 saturated carbocycles. The molecule has 20 heavy (non-hydrogen) atoms.